The second-order valence-electron chi connectivity index (χ2n) is 4.07. The molecule has 1 atom stereocenters. The predicted molar refractivity (Wildman–Crippen MR) is 74.3 cm³/mol. The van der Waals surface area contributed by atoms with Gasteiger partial charge in [0.25, 0.3) is 0 Å². The SMILES string of the molecule is CCC[C@@H](N)C(=O)Nc1cc(S(N)(=O)=O)ccc1Cl. The number of hydrogen-bond acceptors (Lipinski definition) is 4. The molecule has 5 N–H and O–H groups in total. The molecule has 0 radical (unpaired) electrons. The third kappa shape index (κ3) is 4.46. The van der Waals surface area contributed by atoms with Gasteiger partial charge in [0.05, 0.1) is 21.6 Å². The summed E-state index contributed by atoms with van der Waals surface area (Å²) in [4.78, 5) is 11.6. The Bertz CT molecular complexity index is 575. The molecule has 1 amide bonds. The number of nitrogens with two attached hydrogens (primary N) is 2. The van der Waals surface area contributed by atoms with Crippen molar-refractivity contribution in [3.8, 4) is 0 Å². The Morgan fingerprint density at radius 3 is 2.63 bits per heavy atom. The summed E-state index contributed by atoms with van der Waals surface area (Å²) in [6.45, 7) is 1.90. The minimum atomic E-state index is -3.85. The first-order valence-electron chi connectivity index (χ1n) is 5.64. The zero-order valence-corrected chi connectivity index (χ0v) is 12.0. The summed E-state index contributed by atoms with van der Waals surface area (Å²) in [7, 11) is -3.85. The van der Waals surface area contributed by atoms with Crippen LogP contribution >= 0.6 is 11.6 Å². The second kappa shape index (κ2) is 6.33. The molecule has 0 saturated carbocycles. The molecule has 0 heterocycles. The number of hydrogen-bond donors (Lipinski definition) is 3. The van der Waals surface area contributed by atoms with Gasteiger partial charge < -0.3 is 11.1 Å². The van der Waals surface area contributed by atoms with Gasteiger partial charge in [0.15, 0.2) is 0 Å². The van der Waals surface area contributed by atoms with E-state index in [0.29, 0.717) is 6.42 Å². The van der Waals surface area contributed by atoms with E-state index in [1.165, 1.54) is 18.2 Å². The third-order valence-corrected chi connectivity index (χ3v) is 3.70. The van der Waals surface area contributed by atoms with Crippen LogP contribution in [0.25, 0.3) is 0 Å². The lowest BCUT2D eigenvalue weighted by Gasteiger charge is -2.13. The standard InChI is InChI=1S/C11H16ClN3O3S/c1-2-3-9(13)11(16)15-10-6-7(19(14,17)18)4-5-8(10)12/h4-6,9H,2-3,13H2,1H3,(H,15,16)(H2,14,17,18)/t9-/m1/s1. The predicted octanol–water partition coefficient (Wildman–Crippen LogP) is 1.05. The highest BCUT2D eigenvalue weighted by molar-refractivity contribution is 7.89. The second-order valence-corrected chi connectivity index (χ2v) is 6.04. The maximum atomic E-state index is 11.7. The lowest BCUT2D eigenvalue weighted by molar-refractivity contribution is -0.117. The fourth-order valence-electron chi connectivity index (χ4n) is 1.44. The Morgan fingerprint density at radius 1 is 1.47 bits per heavy atom. The van der Waals surface area contributed by atoms with Crippen molar-refractivity contribution in [2.75, 3.05) is 5.32 Å². The number of nitrogens with one attached hydrogen (secondary N) is 1. The van der Waals surface area contributed by atoms with E-state index in [2.05, 4.69) is 5.32 Å². The van der Waals surface area contributed by atoms with Crippen LogP contribution in [0.4, 0.5) is 5.69 Å². The Balaban J connectivity index is 2.98. The largest absolute Gasteiger partial charge is 0.323 e. The zero-order valence-electron chi connectivity index (χ0n) is 10.4. The monoisotopic (exact) mass is 305 g/mol. The molecule has 19 heavy (non-hydrogen) atoms. The summed E-state index contributed by atoms with van der Waals surface area (Å²) >= 11 is 5.88. The van der Waals surface area contributed by atoms with Crippen molar-refractivity contribution in [1.29, 1.82) is 0 Å². The minimum Gasteiger partial charge on any atom is -0.323 e. The minimum absolute atomic E-state index is 0.128. The number of carbonyl (C=O) groups excluding carboxylic acids is 1. The van der Waals surface area contributed by atoms with Gasteiger partial charge >= 0.3 is 0 Å². The van der Waals surface area contributed by atoms with Gasteiger partial charge in [0, 0.05) is 0 Å². The van der Waals surface area contributed by atoms with Gasteiger partial charge in [-0.3, -0.25) is 4.79 Å². The molecule has 106 valence electrons. The zero-order chi connectivity index (χ0) is 14.6. The van der Waals surface area contributed by atoms with E-state index < -0.39 is 22.0 Å². The van der Waals surface area contributed by atoms with E-state index in [9.17, 15) is 13.2 Å². The average molecular weight is 306 g/mol. The number of carbonyl (C=O) groups is 1. The van der Waals surface area contributed by atoms with E-state index in [1.807, 2.05) is 6.92 Å². The van der Waals surface area contributed by atoms with Crippen LogP contribution in [-0.2, 0) is 14.8 Å². The summed E-state index contributed by atoms with van der Waals surface area (Å²) in [5, 5.41) is 7.71. The number of sulfonamides is 1. The van der Waals surface area contributed by atoms with Crippen molar-refractivity contribution in [3.63, 3.8) is 0 Å². The van der Waals surface area contributed by atoms with Gasteiger partial charge in [-0.15, -0.1) is 0 Å². The molecule has 1 aromatic carbocycles. The van der Waals surface area contributed by atoms with Gasteiger partial charge in [-0.05, 0) is 24.6 Å². The number of halogens is 1. The van der Waals surface area contributed by atoms with E-state index in [-0.39, 0.29) is 15.6 Å². The Labute approximate surface area is 117 Å². The highest BCUT2D eigenvalue weighted by Gasteiger charge is 2.16. The van der Waals surface area contributed by atoms with Crippen LogP contribution in [0.1, 0.15) is 19.8 Å². The van der Waals surface area contributed by atoms with Crippen molar-refractivity contribution >= 4 is 33.2 Å². The van der Waals surface area contributed by atoms with Crippen molar-refractivity contribution in [1.82, 2.24) is 0 Å². The molecule has 1 aromatic rings. The first kappa shape index (κ1) is 15.9. The van der Waals surface area contributed by atoms with E-state index >= 15 is 0 Å². The molecule has 8 heteroatoms. The third-order valence-electron chi connectivity index (χ3n) is 2.46. The lowest BCUT2D eigenvalue weighted by Crippen LogP contribution is -2.35. The Hall–Kier alpha value is -1.15. The number of anilines is 1. The number of benzene rings is 1. The van der Waals surface area contributed by atoms with Crippen molar-refractivity contribution in [2.45, 2.75) is 30.7 Å². The van der Waals surface area contributed by atoms with Crippen molar-refractivity contribution in [3.05, 3.63) is 23.2 Å². The highest BCUT2D eigenvalue weighted by atomic mass is 35.5. The number of rotatable bonds is 5. The van der Waals surface area contributed by atoms with Gasteiger partial charge in [-0.25, -0.2) is 13.6 Å². The summed E-state index contributed by atoms with van der Waals surface area (Å²) in [6, 6.07) is 3.15. The van der Waals surface area contributed by atoms with Crippen LogP contribution in [0.2, 0.25) is 5.02 Å². The molecule has 0 aromatic heterocycles. The molecule has 1 rings (SSSR count). The quantitative estimate of drug-likeness (QED) is 0.754. The summed E-state index contributed by atoms with van der Waals surface area (Å²) in [6.07, 6.45) is 1.29. The molecule has 0 aliphatic carbocycles. The molecular formula is C11H16ClN3O3S. The molecule has 0 aliphatic heterocycles. The molecule has 6 nitrogen and oxygen atoms in total. The molecule has 0 saturated heterocycles. The highest BCUT2D eigenvalue weighted by Crippen LogP contribution is 2.24. The molecule has 0 unspecified atom stereocenters. The van der Waals surface area contributed by atoms with Gasteiger partial charge in [-0.1, -0.05) is 24.9 Å². The van der Waals surface area contributed by atoms with E-state index in [4.69, 9.17) is 22.5 Å². The Morgan fingerprint density at radius 2 is 2.11 bits per heavy atom. The van der Waals surface area contributed by atoms with Crippen LogP contribution in [0, 0.1) is 0 Å². The maximum Gasteiger partial charge on any atom is 0.241 e. The first-order chi connectivity index (χ1) is 8.75. The Kier molecular flexibility index (Phi) is 5.30. The van der Waals surface area contributed by atoms with Gasteiger partial charge in [0.2, 0.25) is 15.9 Å². The number of amides is 1. The van der Waals surface area contributed by atoms with Crippen molar-refractivity contribution in [2.24, 2.45) is 10.9 Å². The molecule has 0 bridgehead atoms. The summed E-state index contributed by atoms with van der Waals surface area (Å²) in [5.41, 5.74) is 5.82. The van der Waals surface area contributed by atoms with Crippen LogP contribution in [0.3, 0.4) is 0 Å². The van der Waals surface area contributed by atoms with E-state index in [1.54, 1.807) is 0 Å². The van der Waals surface area contributed by atoms with Gasteiger partial charge in [-0.2, -0.15) is 0 Å². The van der Waals surface area contributed by atoms with Crippen LogP contribution in [0.15, 0.2) is 23.1 Å². The topological polar surface area (TPSA) is 115 Å². The molecule has 0 spiro atoms. The first-order valence-corrected chi connectivity index (χ1v) is 7.57. The summed E-state index contributed by atoms with van der Waals surface area (Å²) < 4.78 is 22.4. The summed E-state index contributed by atoms with van der Waals surface area (Å²) in [5.74, 6) is -0.421. The molecule has 0 fully saturated rings. The average Bonchev–Trinajstić information content (AvgIpc) is 2.30. The smallest absolute Gasteiger partial charge is 0.241 e. The fraction of sp³-hybridized carbons (Fsp3) is 0.364. The van der Waals surface area contributed by atoms with Crippen LogP contribution in [0.5, 0.6) is 0 Å². The molecular weight excluding hydrogens is 290 g/mol. The van der Waals surface area contributed by atoms with Crippen LogP contribution in [-0.4, -0.2) is 20.4 Å². The lowest BCUT2D eigenvalue weighted by atomic mass is 10.1. The fourth-order valence-corrected chi connectivity index (χ4v) is 2.15. The maximum absolute atomic E-state index is 11.7. The van der Waals surface area contributed by atoms with Crippen molar-refractivity contribution < 1.29 is 13.2 Å². The van der Waals surface area contributed by atoms with E-state index in [0.717, 1.165) is 6.42 Å². The normalized spacial score (nSPS) is 13.1. The van der Waals surface area contributed by atoms with Crippen LogP contribution < -0.4 is 16.2 Å². The number of primary sulfonamides is 1. The molecule has 0 aliphatic rings. The van der Waals surface area contributed by atoms with Gasteiger partial charge in [0.1, 0.15) is 0 Å².